The maximum atomic E-state index is 14.6. The Morgan fingerprint density at radius 3 is 2.66 bits per heavy atom. The van der Waals surface area contributed by atoms with Crippen molar-refractivity contribution < 1.29 is 9.18 Å². The summed E-state index contributed by atoms with van der Waals surface area (Å²) in [5, 5.41) is 22.3. The van der Waals surface area contributed by atoms with Gasteiger partial charge in [0, 0.05) is 37.0 Å². The molecule has 1 aliphatic carbocycles. The summed E-state index contributed by atoms with van der Waals surface area (Å²) < 4.78 is 14.6. The topological polar surface area (TPSA) is 153 Å². The lowest BCUT2D eigenvalue weighted by atomic mass is 9.65. The lowest BCUT2D eigenvalue weighted by Gasteiger charge is -2.43. The molecule has 1 spiro atoms. The zero-order valence-corrected chi connectivity index (χ0v) is 25.7. The molecule has 1 saturated carbocycles. The summed E-state index contributed by atoms with van der Waals surface area (Å²) in [6, 6.07) is -0.480. The summed E-state index contributed by atoms with van der Waals surface area (Å²) in [5.74, 6) is -0.739. The number of rotatable bonds is 15. The van der Waals surface area contributed by atoms with Gasteiger partial charge in [-0.1, -0.05) is 39.0 Å². The van der Waals surface area contributed by atoms with E-state index in [1.165, 1.54) is 12.6 Å². The van der Waals surface area contributed by atoms with Crippen LogP contribution in [0.4, 0.5) is 4.39 Å². The fraction of sp³-hybridized carbons (Fsp3) is 0.903. The molecule has 9 nitrogen and oxygen atoms in total. The van der Waals surface area contributed by atoms with Crippen LogP contribution in [0.25, 0.3) is 0 Å². The highest BCUT2D eigenvalue weighted by Crippen LogP contribution is 2.46. The van der Waals surface area contributed by atoms with Gasteiger partial charge in [-0.2, -0.15) is 0 Å². The number of carbonyl (C=O) groups excluding carboxylic acids is 1. The lowest BCUT2D eigenvalue weighted by molar-refractivity contribution is -0.127. The summed E-state index contributed by atoms with van der Waals surface area (Å²) in [7, 11) is 1.95. The van der Waals surface area contributed by atoms with Gasteiger partial charge in [0.2, 0.25) is 5.91 Å². The second-order valence-electron chi connectivity index (χ2n) is 13.0. The third-order valence-electron chi connectivity index (χ3n) is 9.80. The van der Waals surface area contributed by atoms with Crippen molar-refractivity contribution in [3.05, 3.63) is 0 Å². The normalized spacial score (nSPS) is 28.1. The largest absolute Gasteiger partial charge is 0.350 e. The Bertz CT molecular complexity index is 818. The van der Waals surface area contributed by atoms with Crippen molar-refractivity contribution in [2.45, 2.75) is 127 Å². The third kappa shape index (κ3) is 10.6. The van der Waals surface area contributed by atoms with Crippen molar-refractivity contribution in [2.24, 2.45) is 33.7 Å². The molecule has 2 aliphatic heterocycles. The number of aliphatic imine (C=N–C) groups is 1. The molecule has 2 heterocycles. The fourth-order valence-electron chi connectivity index (χ4n) is 7.22. The Labute approximate surface area is 247 Å². The Balaban J connectivity index is 1.68. The summed E-state index contributed by atoms with van der Waals surface area (Å²) in [4.78, 5) is 18.5. The van der Waals surface area contributed by atoms with Crippen LogP contribution in [0.3, 0.4) is 0 Å². The SMILES string of the molecule is CCCCCC(=N)C(CCNC)CNC1CCNCC1NC(=O)C(C(N)N)C1CC2(CCCCC2)CCC(F)C=N1. The van der Waals surface area contributed by atoms with Gasteiger partial charge in [0.25, 0.3) is 0 Å². The number of amides is 1. The molecule has 3 aliphatic rings. The molecule has 2 fully saturated rings. The maximum Gasteiger partial charge on any atom is 0.228 e. The Kier molecular flexibility index (Phi) is 14.6. The van der Waals surface area contributed by atoms with Crippen LogP contribution in [0.2, 0.25) is 0 Å². The second kappa shape index (κ2) is 17.6. The first-order chi connectivity index (χ1) is 19.8. The molecule has 6 atom stereocenters. The molecule has 6 unspecified atom stereocenters. The van der Waals surface area contributed by atoms with Gasteiger partial charge < -0.3 is 38.1 Å². The number of hydrogen-bond donors (Lipinski definition) is 7. The third-order valence-corrected chi connectivity index (χ3v) is 9.80. The van der Waals surface area contributed by atoms with Gasteiger partial charge in [-0.3, -0.25) is 9.79 Å². The maximum absolute atomic E-state index is 14.6. The lowest BCUT2D eigenvalue weighted by Crippen LogP contribution is -2.62. The zero-order valence-electron chi connectivity index (χ0n) is 25.7. The minimum Gasteiger partial charge on any atom is -0.350 e. The minimum absolute atomic E-state index is 0.0128. The zero-order chi connectivity index (χ0) is 29.7. The van der Waals surface area contributed by atoms with Crippen molar-refractivity contribution in [2.75, 3.05) is 33.2 Å². The van der Waals surface area contributed by atoms with E-state index in [0.29, 0.717) is 13.0 Å². The number of alkyl halides is 1. The van der Waals surface area contributed by atoms with E-state index in [4.69, 9.17) is 16.9 Å². The quantitative estimate of drug-likeness (QED) is 0.0901. The summed E-state index contributed by atoms with van der Waals surface area (Å²) in [5.41, 5.74) is 13.4. The number of halogens is 1. The standard InChI is InChI=1S/C31H59FN8O/c1-3-4-6-9-24(33)22(11-16-36-2)19-38-25-12-17-37-21-27(25)40-30(41)28(29(34)35)26-18-31(13-7-5-8-14-31)15-10-23(32)20-39-26/h20,22-23,25-29,33,36-38H,3-19,21,34-35H2,1-2H3,(H,40,41). The predicted molar refractivity (Wildman–Crippen MR) is 167 cm³/mol. The Hall–Kier alpha value is -1.46. The molecule has 0 aromatic rings. The number of hydrogen-bond acceptors (Lipinski definition) is 8. The number of nitrogens with one attached hydrogen (secondary N) is 5. The van der Waals surface area contributed by atoms with Gasteiger partial charge in [0.05, 0.1) is 24.2 Å². The first-order valence-corrected chi connectivity index (χ1v) is 16.4. The van der Waals surface area contributed by atoms with Crippen LogP contribution in [0.5, 0.6) is 0 Å². The predicted octanol–water partition coefficient (Wildman–Crippen LogP) is 3.02. The molecule has 9 N–H and O–H groups in total. The van der Waals surface area contributed by atoms with E-state index >= 15 is 0 Å². The molecule has 0 bridgehead atoms. The van der Waals surface area contributed by atoms with E-state index < -0.39 is 24.3 Å². The average Bonchev–Trinajstić information content (AvgIpc) is 2.95. The Morgan fingerprint density at radius 2 is 1.95 bits per heavy atom. The molecule has 0 aromatic heterocycles. The molecule has 1 amide bonds. The van der Waals surface area contributed by atoms with E-state index in [9.17, 15) is 9.18 Å². The number of piperidine rings is 1. The van der Waals surface area contributed by atoms with E-state index in [1.54, 1.807) is 0 Å². The molecule has 0 aromatic carbocycles. The first kappa shape index (κ1) is 34.0. The molecular formula is C31H59FN8O. The monoisotopic (exact) mass is 578 g/mol. The van der Waals surface area contributed by atoms with Gasteiger partial charge in [0.15, 0.2) is 0 Å². The molecule has 0 radical (unpaired) electrons. The molecular weight excluding hydrogens is 519 g/mol. The minimum atomic E-state index is -1.10. The van der Waals surface area contributed by atoms with Crippen molar-refractivity contribution in [3.8, 4) is 0 Å². The molecule has 3 rings (SSSR count). The van der Waals surface area contributed by atoms with E-state index in [-0.39, 0.29) is 29.3 Å². The van der Waals surface area contributed by atoms with Crippen LogP contribution in [0.1, 0.15) is 96.8 Å². The number of nitrogens with two attached hydrogens (primary N) is 2. The van der Waals surface area contributed by atoms with Crippen molar-refractivity contribution >= 4 is 17.8 Å². The van der Waals surface area contributed by atoms with Crippen LogP contribution in [0.15, 0.2) is 4.99 Å². The number of unbranched alkanes of at least 4 members (excludes halogenated alkanes) is 2. The number of nitrogens with zero attached hydrogens (tertiary/aromatic N) is 1. The van der Waals surface area contributed by atoms with E-state index in [1.807, 2.05) is 7.05 Å². The first-order valence-electron chi connectivity index (χ1n) is 16.4. The van der Waals surface area contributed by atoms with Crippen molar-refractivity contribution in [3.63, 3.8) is 0 Å². The highest BCUT2D eigenvalue weighted by atomic mass is 19.1. The van der Waals surface area contributed by atoms with Gasteiger partial charge in [-0.25, -0.2) is 4.39 Å². The summed E-state index contributed by atoms with van der Waals surface area (Å²) in [6.07, 6.45) is 13.1. The highest BCUT2D eigenvalue weighted by Gasteiger charge is 2.42. The van der Waals surface area contributed by atoms with Crippen LogP contribution < -0.4 is 32.7 Å². The van der Waals surface area contributed by atoms with E-state index in [0.717, 1.165) is 102 Å². The molecule has 10 heteroatoms. The smallest absolute Gasteiger partial charge is 0.228 e. The van der Waals surface area contributed by atoms with Crippen molar-refractivity contribution in [1.82, 2.24) is 21.3 Å². The van der Waals surface area contributed by atoms with Gasteiger partial charge in [-0.15, -0.1) is 0 Å². The van der Waals surface area contributed by atoms with Crippen LogP contribution >= 0.6 is 0 Å². The number of carbonyl (C=O) groups is 1. The van der Waals surface area contributed by atoms with Gasteiger partial charge in [0.1, 0.15) is 6.17 Å². The highest BCUT2D eigenvalue weighted by molar-refractivity contribution is 5.84. The van der Waals surface area contributed by atoms with Crippen molar-refractivity contribution in [1.29, 1.82) is 5.41 Å². The molecule has 41 heavy (non-hydrogen) atoms. The Morgan fingerprint density at radius 1 is 1.17 bits per heavy atom. The second-order valence-corrected chi connectivity index (χ2v) is 13.0. The van der Waals surface area contributed by atoms with Crippen LogP contribution in [-0.2, 0) is 4.79 Å². The van der Waals surface area contributed by atoms with E-state index in [2.05, 4.69) is 33.2 Å². The molecule has 1 saturated heterocycles. The van der Waals surface area contributed by atoms with Gasteiger partial charge in [-0.05, 0) is 83.3 Å². The average molecular weight is 579 g/mol. The summed E-state index contributed by atoms with van der Waals surface area (Å²) >= 11 is 0. The van der Waals surface area contributed by atoms with Gasteiger partial charge >= 0.3 is 0 Å². The van der Waals surface area contributed by atoms with Crippen LogP contribution in [0, 0.1) is 22.7 Å². The molecule has 236 valence electrons. The van der Waals surface area contributed by atoms with Crippen LogP contribution in [-0.4, -0.2) is 81.5 Å². The fourth-order valence-corrected chi connectivity index (χ4v) is 7.22. The summed E-state index contributed by atoms with van der Waals surface area (Å²) in [6.45, 7) is 5.29.